The fourth-order valence-corrected chi connectivity index (χ4v) is 1.83. The summed E-state index contributed by atoms with van der Waals surface area (Å²) in [6.45, 7) is 3.73. The first-order valence-electron chi connectivity index (χ1n) is 6.05. The molecule has 3 heterocycles. The second kappa shape index (κ2) is 4.76. The van der Waals surface area contributed by atoms with E-state index in [9.17, 15) is 4.79 Å². The standard InChI is InChI=1S/C13H12N4O3/c1-8-9(2)19-13(18)17(8)7-11-15-16-12(20-11)10-4-3-5-14-6-10/h3-6H,7H2,1-2H3. The average molecular weight is 272 g/mol. The van der Waals surface area contributed by atoms with E-state index in [0.29, 0.717) is 17.5 Å². The number of nitrogens with zero attached hydrogens (tertiary/aromatic N) is 4. The van der Waals surface area contributed by atoms with Crippen molar-refractivity contribution in [1.82, 2.24) is 19.7 Å². The van der Waals surface area contributed by atoms with Gasteiger partial charge < -0.3 is 8.83 Å². The molecule has 0 aliphatic heterocycles. The Morgan fingerprint density at radius 3 is 2.75 bits per heavy atom. The zero-order chi connectivity index (χ0) is 14.1. The molecule has 0 amide bonds. The van der Waals surface area contributed by atoms with Crippen molar-refractivity contribution in [2.24, 2.45) is 0 Å². The summed E-state index contributed by atoms with van der Waals surface area (Å²) in [7, 11) is 0. The van der Waals surface area contributed by atoms with Gasteiger partial charge in [0.2, 0.25) is 11.8 Å². The molecule has 0 fully saturated rings. The highest BCUT2D eigenvalue weighted by molar-refractivity contribution is 5.49. The van der Waals surface area contributed by atoms with E-state index in [4.69, 9.17) is 8.83 Å². The Kier molecular flexibility index (Phi) is 2.94. The van der Waals surface area contributed by atoms with Gasteiger partial charge in [0, 0.05) is 12.4 Å². The monoisotopic (exact) mass is 272 g/mol. The highest BCUT2D eigenvalue weighted by Gasteiger charge is 2.14. The predicted molar refractivity (Wildman–Crippen MR) is 69.1 cm³/mol. The molecule has 0 bridgehead atoms. The lowest BCUT2D eigenvalue weighted by atomic mass is 10.3. The summed E-state index contributed by atoms with van der Waals surface area (Å²) in [5.74, 6) is 0.872. The van der Waals surface area contributed by atoms with E-state index in [0.717, 1.165) is 11.3 Å². The van der Waals surface area contributed by atoms with Gasteiger partial charge in [-0.05, 0) is 26.0 Å². The van der Waals surface area contributed by atoms with Gasteiger partial charge in [-0.1, -0.05) is 0 Å². The van der Waals surface area contributed by atoms with Crippen LogP contribution in [0.15, 0.2) is 38.2 Å². The largest absolute Gasteiger partial charge is 0.419 e. The fraction of sp³-hybridized carbons (Fsp3) is 0.231. The summed E-state index contributed by atoms with van der Waals surface area (Å²) >= 11 is 0. The molecule has 0 aliphatic rings. The molecule has 0 spiro atoms. The molecule has 0 aromatic carbocycles. The highest BCUT2D eigenvalue weighted by Crippen LogP contribution is 2.16. The molecule has 0 radical (unpaired) electrons. The normalized spacial score (nSPS) is 10.9. The van der Waals surface area contributed by atoms with Crippen LogP contribution in [0.5, 0.6) is 0 Å². The molecular weight excluding hydrogens is 260 g/mol. The molecule has 7 nitrogen and oxygen atoms in total. The lowest BCUT2D eigenvalue weighted by Crippen LogP contribution is -2.16. The van der Waals surface area contributed by atoms with Crippen LogP contribution in [0, 0.1) is 13.8 Å². The van der Waals surface area contributed by atoms with Crippen molar-refractivity contribution in [3.8, 4) is 11.5 Å². The van der Waals surface area contributed by atoms with Crippen molar-refractivity contribution in [3.05, 3.63) is 52.4 Å². The summed E-state index contributed by atoms with van der Waals surface area (Å²) in [4.78, 5) is 15.6. The second-order valence-electron chi connectivity index (χ2n) is 4.34. The van der Waals surface area contributed by atoms with Crippen LogP contribution in [0.3, 0.4) is 0 Å². The number of oxazole rings is 1. The fourth-order valence-electron chi connectivity index (χ4n) is 1.83. The maximum atomic E-state index is 11.6. The molecule has 0 aliphatic carbocycles. The topological polar surface area (TPSA) is 87.0 Å². The SMILES string of the molecule is Cc1oc(=O)n(Cc2nnc(-c3cccnc3)o2)c1C. The zero-order valence-electron chi connectivity index (χ0n) is 11.0. The molecule has 0 unspecified atom stereocenters. The van der Waals surface area contributed by atoms with Gasteiger partial charge in [0.05, 0.1) is 11.3 Å². The Balaban J connectivity index is 1.90. The van der Waals surface area contributed by atoms with E-state index in [1.807, 2.05) is 6.07 Å². The highest BCUT2D eigenvalue weighted by atomic mass is 16.4. The van der Waals surface area contributed by atoms with Gasteiger partial charge >= 0.3 is 5.76 Å². The van der Waals surface area contributed by atoms with Crippen molar-refractivity contribution >= 4 is 0 Å². The number of aromatic nitrogens is 4. The Morgan fingerprint density at radius 1 is 1.25 bits per heavy atom. The third kappa shape index (κ3) is 2.13. The first-order valence-corrected chi connectivity index (χ1v) is 6.05. The number of rotatable bonds is 3. The second-order valence-corrected chi connectivity index (χ2v) is 4.34. The van der Waals surface area contributed by atoms with Crippen LogP contribution in [-0.4, -0.2) is 19.7 Å². The molecule has 102 valence electrons. The molecular formula is C13H12N4O3. The number of aryl methyl sites for hydroxylation is 1. The van der Waals surface area contributed by atoms with Crippen molar-refractivity contribution in [1.29, 1.82) is 0 Å². The van der Waals surface area contributed by atoms with Crippen LogP contribution in [0.2, 0.25) is 0 Å². The summed E-state index contributed by atoms with van der Waals surface area (Å²) in [6.07, 6.45) is 3.30. The summed E-state index contributed by atoms with van der Waals surface area (Å²) in [5.41, 5.74) is 1.48. The van der Waals surface area contributed by atoms with E-state index >= 15 is 0 Å². The Labute approximate surface area is 113 Å². The maximum Gasteiger partial charge on any atom is 0.419 e. The Morgan fingerprint density at radius 2 is 2.10 bits per heavy atom. The Bertz CT molecular complexity index is 786. The average Bonchev–Trinajstić information content (AvgIpc) is 3.01. The smallest absolute Gasteiger partial charge is 0.419 e. The molecule has 0 saturated carbocycles. The quantitative estimate of drug-likeness (QED) is 0.719. The summed E-state index contributed by atoms with van der Waals surface area (Å²) in [5, 5.41) is 7.88. The minimum absolute atomic E-state index is 0.190. The molecule has 3 rings (SSSR count). The van der Waals surface area contributed by atoms with Crippen LogP contribution in [0.4, 0.5) is 0 Å². The first kappa shape index (κ1) is 12.3. The summed E-state index contributed by atoms with van der Waals surface area (Å²) < 4.78 is 12.0. The zero-order valence-corrected chi connectivity index (χ0v) is 11.0. The van der Waals surface area contributed by atoms with Gasteiger partial charge in [0.25, 0.3) is 0 Å². The van der Waals surface area contributed by atoms with Crippen LogP contribution >= 0.6 is 0 Å². The van der Waals surface area contributed by atoms with E-state index in [2.05, 4.69) is 15.2 Å². The van der Waals surface area contributed by atoms with E-state index in [1.54, 1.807) is 32.3 Å². The third-order valence-corrected chi connectivity index (χ3v) is 3.04. The van der Waals surface area contributed by atoms with Crippen LogP contribution < -0.4 is 5.76 Å². The van der Waals surface area contributed by atoms with Crippen molar-refractivity contribution in [2.75, 3.05) is 0 Å². The van der Waals surface area contributed by atoms with Gasteiger partial charge in [-0.3, -0.25) is 9.55 Å². The van der Waals surface area contributed by atoms with E-state index < -0.39 is 5.76 Å². The van der Waals surface area contributed by atoms with Crippen LogP contribution in [0.1, 0.15) is 17.3 Å². The molecule has 0 atom stereocenters. The van der Waals surface area contributed by atoms with Gasteiger partial charge in [0.1, 0.15) is 12.3 Å². The molecule has 3 aromatic heterocycles. The van der Waals surface area contributed by atoms with E-state index in [1.165, 1.54) is 4.57 Å². The third-order valence-electron chi connectivity index (χ3n) is 3.04. The predicted octanol–water partition coefficient (Wildman–Crippen LogP) is 1.55. The molecule has 7 heteroatoms. The van der Waals surface area contributed by atoms with Crippen LogP contribution in [-0.2, 0) is 6.54 Å². The first-order chi connectivity index (χ1) is 9.65. The van der Waals surface area contributed by atoms with E-state index in [-0.39, 0.29) is 6.54 Å². The van der Waals surface area contributed by atoms with Gasteiger partial charge in [-0.2, -0.15) is 0 Å². The summed E-state index contributed by atoms with van der Waals surface area (Å²) in [6, 6.07) is 3.61. The number of hydrogen-bond acceptors (Lipinski definition) is 6. The minimum Gasteiger partial charge on any atom is -0.419 e. The van der Waals surface area contributed by atoms with Crippen molar-refractivity contribution in [2.45, 2.75) is 20.4 Å². The van der Waals surface area contributed by atoms with Gasteiger partial charge in [-0.25, -0.2) is 4.79 Å². The Hall–Kier alpha value is -2.70. The minimum atomic E-state index is -0.430. The van der Waals surface area contributed by atoms with Crippen molar-refractivity contribution in [3.63, 3.8) is 0 Å². The maximum absolute atomic E-state index is 11.6. The lowest BCUT2D eigenvalue weighted by Gasteiger charge is -1.98. The molecule has 0 N–H and O–H groups in total. The van der Waals surface area contributed by atoms with Gasteiger partial charge in [-0.15, -0.1) is 10.2 Å². The lowest BCUT2D eigenvalue weighted by molar-refractivity contribution is 0.440. The molecule has 0 saturated heterocycles. The number of hydrogen-bond donors (Lipinski definition) is 0. The van der Waals surface area contributed by atoms with Gasteiger partial charge in [0.15, 0.2) is 0 Å². The number of pyridine rings is 1. The molecule has 20 heavy (non-hydrogen) atoms. The van der Waals surface area contributed by atoms with Crippen molar-refractivity contribution < 1.29 is 8.83 Å². The van der Waals surface area contributed by atoms with Crippen LogP contribution in [0.25, 0.3) is 11.5 Å². The molecule has 3 aromatic rings.